The van der Waals surface area contributed by atoms with Gasteiger partial charge in [-0.1, -0.05) is 44.2 Å². The normalized spacial score (nSPS) is 19.6. The number of carboxylic acids is 1. The maximum atomic E-state index is 12.4. The fourth-order valence-corrected chi connectivity index (χ4v) is 2.88. The molecule has 1 aliphatic rings. The summed E-state index contributed by atoms with van der Waals surface area (Å²) in [7, 11) is 0. The third kappa shape index (κ3) is 3.54. The molecule has 0 aliphatic carbocycles. The lowest BCUT2D eigenvalue weighted by Crippen LogP contribution is -2.47. The van der Waals surface area contributed by atoms with Crippen molar-refractivity contribution in [3.63, 3.8) is 0 Å². The second-order valence-corrected chi connectivity index (χ2v) is 5.78. The fourth-order valence-electron chi connectivity index (χ4n) is 2.88. The Morgan fingerprint density at radius 3 is 2.52 bits per heavy atom. The van der Waals surface area contributed by atoms with Crippen molar-refractivity contribution in [1.29, 1.82) is 0 Å². The van der Waals surface area contributed by atoms with E-state index in [1.807, 2.05) is 6.07 Å². The lowest BCUT2D eigenvalue weighted by Gasteiger charge is -2.29. The van der Waals surface area contributed by atoms with Crippen molar-refractivity contribution in [2.75, 3.05) is 6.54 Å². The lowest BCUT2D eigenvalue weighted by atomic mass is 10.0. The van der Waals surface area contributed by atoms with Crippen LogP contribution in [0.5, 0.6) is 0 Å². The second-order valence-electron chi connectivity index (χ2n) is 5.78. The zero-order valence-electron chi connectivity index (χ0n) is 12.5. The first kappa shape index (κ1) is 15.4. The summed E-state index contributed by atoms with van der Waals surface area (Å²) >= 11 is 0. The maximum absolute atomic E-state index is 12.4. The summed E-state index contributed by atoms with van der Waals surface area (Å²) in [6.07, 6.45) is 1.95. The van der Waals surface area contributed by atoms with Crippen molar-refractivity contribution < 1.29 is 14.7 Å². The highest BCUT2D eigenvalue weighted by Gasteiger charge is 2.33. The number of hydrogen-bond acceptors (Lipinski definition) is 2. The maximum Gasteiger partial charge on any atom is 0.330 e. The number of rotatable bonds is 4. The van der Waals surface area contributed by atoms with Crippen LogP contribution in [-0.4, -0.2) is 34.6 Å². The Morgan fingerprint density at radius 2 is 1.95 bits per heavy atom. The smallest absolute Gasteiger partial charge is 0.330 e. The Hall–Kier alpha value is -2.04. The molecule has 21 heavy (non-hydrogen) atoms. The summed E-state index contributed by atoms with van der Waals surface area (Å²) in [5.74, 6) is -0.673. The van der Waals surface area contributed by atoms with E-state index in [9.17, 15) is 14.7 Å². The third-order valence-corrected chi connectivity index (χ3v) is 3.98. The predicted molar refractivity (Wildman–Crippen MR) is 79.9 cm³/mol. The van der Waals surface area contributed by atoms with Gasteiger partial charge in [0.15, 0.2) is 6.04 Å². The number of carbonyl (C=O) groups is 2. The molecular weight excluding hydrogens is 268 g/mol. The van der Waals surface area contributed by atoms with E-state index in [2.05, 4.69) is 19.2 Å². The average molecular weight is 290 g/mol. The highest BCUT2D eigenvalue weighted by atomic mass is 16.4. The van der Waals surface area contributed by atoms with E-state index >= 15 is 0 Å². The molecule has 1 fully saturated rings. The van der Waals surface area contributed by atoms with E-state index in [0.29, 0.717) is 18.0 Å². The number of benzene rings is 1. The number of urea groups is 1. The molecule has 0 radical (unpaired) electrons. The molecule has 1 saturated heterocycles. The number of carboxylic acid groups (broad SMARTS) is 1. The standard InChI is InChI=1S/C16H22N2O3/c1-11(2)13-9-6-10-18(13)16(21)17-14(15(19)20)12-7-4-3-5-8-12/h3-5,7-8,11,13-14H,6,9-10H2,1-2H3,(H,17,21)(H,19,20)/t13?,14-/m0/s1. The SMILES string of the molecule is CC(C)C1CCCN1C(=O)N[C@H](C(=O)O)c1ccccc1. The van der Waals surface area contributed by atoms with Crippen LogP contribution in [0.3, 0.4) is 0 Å². The van der Waals surface area contributed by atoms with Gasteiger partial charge in [0.25, 0.3) is 0 Å². The van der Waals surface area contributed by atoms with E-state index in [1.54, 1.807) is 29.2 Å². The zero-order valence-corrected chi connectivity index (χ0v) is 12.5. The van der Waals surface area contributed by atoms with Gasteiger partial charge in [0, 0.05) is 12.6 Å². The summed E-state index contributed by atoms with van der Waals surface area (Å²) < 4.78 is 0. The Balaban J connectivity index is 2.11. The van der Waals surface area contributed by atoms with Crippen molar-refractivity contribution in [2.45, 2.75) is 38.8 Å². The van der Waals surface area contributed by atoms with Crippen molar-refractivity contribution in [1.82, 2.24) is 10.2 Å². The Labute approximate surface area is 125 Å². The van der Waals surface area contributed by atoms with E-state index in [-0.39, 0.29) is 12.1 Å². The average Bonchev–Trinajstić information content (AvgIpc) is 2.94. The number of aliphatic carboxylic acids is 1. The topological polar surface area (TPSA) is 69.6 Å². The zero-order chi connectivity index (χ0) is 15.4. The van der Waals surface area contributed by atoms with Crippen LogP contribution in [-0.2, 0) is 4.79 Å². The minimum Gasteiger partial charge on any atom is -0.479 e. The van der Waals surface area contributed by atoms with Crippen LogP contribution in [0.15, 0.2) is 30.3 Å². The van der Waals surface area contributed by atoms with E-state index in [0.717, 1.165) is 12.8 Å². The molecule has 5 nitrogen and oxygen atoms in total. The summed E-state index contributed by atoms with van der Waals surface area (Å²) in [4.78, 5) is 25.6. The van der Waals surface area contributed by atoms with Crippen LogP contribution >= 0.6 is 0 Å². The molecule has 5 heteroatoms. The van der Waals surface area contributed by atoms with Crippen LogP contribution in [0.25, 0.3) is 0 Å². The third-order valence-electron chi connectivity index (χ3n) is 3.98. The molecule has 1 aromatic carbocycles. The highest BCUT2D eigenvalue weighted by Crippen LogP contribution is 2.24. The molecule has 114 valence electrons. The Morgan fingerprint density at radius 1 is 1.29 bits per heavy atom. The van der Waals surface area contributed by atoms with Gasteiger partial charge in [0.05, 0.1) is 0 Å². The molecule has 0 aromatic heterocycles. The predicted octanol–water partition coefficient (Wildman–Crippen LogP) is 2.64. The number of nitrogens with one attached hydrogen (secondary N) is 1. The van der Waals surface area contributed by atoms with Gasteiger partial charge in [0.1, 0.15) is 0 Å². The van der Waals surface area contributed by atoms with Crippen LogP contribution in [0.1, 0.15) is 38.3 Å². The molecule has 2 amide bonds. The molecule has 1 unspecified atom stereocenters. The summed E-state index contributed by atoms with van der Waals surface area (Å²) in [5.41, 5.74) is 0.582. The van der Waals surface area contributed by atoms with E-state index in [4.69, 9.17) is 0 Å². The quantitative estimate of drug-likeness (QED) is 0.895. The van der Waals surface area contributed by atoms with Gasteiger partial charge < -0.3 is 15.3 Å². The first-order valence-electron chi connectivity index (χ1n) is 7.35. The second kappa shape index (κ2) is 6.61. The molecule has 0 saturated carbocycles. The summed E-state index contributed by atoms with van der Waals surface area (Å²) in [5, 5.41) is 12.0. The minimum absolute atomic E-state index is 0.190. The summed E-state index contributed by atoms with van der Waals surface area (Å²) in [6.45, 7) is 4.86. The van der Waals surface area contributed by atoms with Gasteiger partial charge in [-0.3, -0.25) is 0 Å². The highest BCUT2D eigenvalue weighted by molar-refractivity contribution is 5.84. The summed E-state index contributed by atoms with van der Waals surface area (Å²) in [6, 6.07) is 7.67. The van der Waals surface area contributed by atoms with Gasteiger partial charge in [-0.25, -0.2) is 9.59 Å². The van der Waals surface area contributed by atoms with Crippen LogP contribution < -0.4 is 5.32 Å². The van der Waals surface area contributed by atoms with Crippen LogP contribution in [0.4, 0.5) is 4.79 Å². The number of hydrogen-bond donors (Lipinski definition) is 2. The molecule has 2 N–H and O–H groups in total. The van der Waals surface area contributed by atoms with Crippen molar-refractivity contribution in [3.05, 3.63) is 35.9 Å². The Kier molecular flexibility index (Phi) is 4.83. The van der Waals surface area contributed by atoms with Gasteiger partial charge in [0.2, 0.25) is 0 Å². The molecule has 1 aliphatic heterocycles. The number of likely N-dealkylation sites (tertiary alicyclic amines) is 1. The number of nitrogens with zero attached hydrogens (tertiary/aromatic N) is 1. The largest absolute Gasteiger partial charge is 0.479 e. The first-order chi connectivity index (χ1) is 10.0. The van der Waals surface area contributed by atoms with Crippen molar-refractivity contribution in [3.8, 4) is 0 Å². The molecule has 2 rings (SSSR count). The van der Waals surface area contributed by atoms with Gasteiger partial charge >= 0.3 is 12.0 Å². The Bertz CT molecular complexity index is 502. The number of amides is 2. The molecular formula is C16H22N2O3. The minimum atomic E-state index is -1.05. The van der Waals surface area contributed by atoms with E-state index < -0.39 is 12.0 Å². The molecule has 1 aromatic rings. The van der Waals surface area contributed by atoms with Crippen molar-refractivity contribution >= 4 is 12.0 Å². The van der Waals surface area contributed by atoms with Gasteiger partial charge in [-0.15, -0.1) is 0 Å². The van der Waals surface area contributed by atoms with Crippen molar-refractivity contribution in [2.24, 2.45) is 5.92 Å². The van der Waals surface area contributed by atoms with Gasteiger partial charge in [-0.05, 0) is 24.3 Å². The molecule has 0 bridgehead atoms. The molecule has 1 heterocycles. The van der Waals surface area contributed by atoms with Gasteiger partial charge in [-0.2, -0.15) is 0 Å². The van der Waals surface area contributed by atoms with E-state index in [1.165, 1.54) is 0 Å². The monoisotopic (exact) mass is 290 g/mol. The molecule has 0 spiro atoms. The first-order valence-corrected chi connectivity index (χ1v) is 7.35. The fraction of sp³-hybridized carbons (Fsp3) is 0.500. The lowest BCUT2D eigenvalue weighted by molar-refractivity contribution is -0.139. The van der Waals surface area contributed by atoms with Crippen LogP contribution in [0, 0.1) is 5.92 Å². The number of carbonyl (C=O) groups excluding carboxylic acids is 1. The van der Waals surface area contributed by atoms with Crippen LogP contribution in [0.2, 0.25) is 0 Å². The molecule has 2 atom stereocenters.